The van der Waals surface area contributed by atoms with Gasteiger partial charge < -0.3 is 10.1 Å². The summed E-state index contributed by atoms with van der Waals surface area (Å²) in [5.41, 5.74) is 0. The van der Waals surface area contributed by atoms with Crippen molar-refractivity contribution in [2.45, 2.75) is 52.1 Å². The molecule has 1 aliphatic rings. The number of likely N-dealkylation sites (tertiary alicyclic amines) is 1. The summed E-state index contributed by atoms with van der Waals surface area (Å²) < 4.78 is 5.36. The van der Waals surface area contributed by atoms with Gasteiger partial charge in [0.1, 0.15) is 0 Å². The first kappa shape index (κ1) is 14.9. The van der Waals surface area contributed by atoms with E-state index in [4.69, 9.17) is 4.74 Å². The number of hydrogen-bond acceptors (Lipinski definition) is 3. The second kappa shape index (κ2) is 8.06. The Morgan fingerprint density at radius 1 is 1.41 bits per heavy atom. The lowest BCUT2D eigenvalue weighted by Gasteiger charge is -2.41. The summed E-state index contributed by atoms with van der Waals surface area (Å²) in [5.74, 6) is 0.750. The molecule has 3 unspecified atom stereocenters. The Hall–Kier alpha value is -0.120. The summed E-state index contributed by atoms with van der Waals surface area (Å²) in [6.45, 7) is 11.2. The maximum Gasteiger partial charge on any atom is 0.0618 e. The van der Waals surface area contributed by atoms with Gasteiger partial charge in [0.2, 0.25) is 0 Å². The van der Waals surface area contributed by atoms with Crippen LogP contribution in [0.25, 0.3) is 0 Å². The molecule has 3 atom stereocenters. The van der Waals surface area contributed by atoms with Crippen LogP contribution in [0.2, 0.25) is 0 Å². The minimum absolute atomic E-state index is 0.620. The zero-order valence-electron chi connectivity index (χ0n) is 12.0. The van der Waals surface area contributed by atoms with E-state index < -0.39 is 0 Å². The third-order valence-electron chi connectivity index (χ3n) is 3.90. The van der Waals surface area contributed by atoms with E-state index in [1.165, 1.54) is 32.4 Å². The number of rotatable bonds is 7. The van der Waals surface area contributed by atoms with E-state index >= 15 is 0 Å². The second-order valence-corrected chi connectivity index (χ2v) is 5.32. The third-order valence-corrected chi connectivity index (χ3v) is 3.90. The molecule has 3 heteroatoms. The third kappa shape index (κ3) is 4.57. The largest absolute Gasteiger partial charge is 0.383 e. The molecule has 0 amide bonds. The molecule has 1 saturated heterocycles. The molecule has 3 nitrogen and oxygen atoms in total. The van der Waals surface area contributed by atoms with Crippen LogP contribution in [0.4, 0.5) is 0 Å². The summed E-state index contributed by atoms with van der Waals surface area (Å²) in [4.78, 5) is 2.63. The molecular formula is C14H30N2O. The summed E-state index contributed by atoms with van der Waals surface area (Å²) in [5, 5.41) is 3.60. The summed E-state index contributed by atoms with van der Waals surface area (Å²) in [6.07, 6.45) is 3.78. The van der Waals surface area contributed by atoms with Gasteiger partial charge in [-0.1, -0.05) is 27.2 Å². The van der Waals surface area contributed by atoms with Crippen molar-refractivity contribution in [1.29, 1.82) is 0 Å². The molecule has 0 saturated carbocycles. The SMILES string of the molecule is CCCC(COC)N1CCC(NCC)C(C)C1. The normalized spacial score (nSPS) is 28.2. The fraction of sp³-hybridized carbons (Fsp3) is 1.00. The van der Waals surface area contributed by atoms with E-state index in [1.54, 1.807) is 0 Å². The molecule has 0 bridgehead atoms. The molecule has 0 aromatic rings. The van der Waals surface area contributed by atoms with Gasteiger partial charge in [-0.05, 0) is 25.3 Å². The molecule has 0 radical (unpaired) electrons. The Morgan fingerprint density at radius 3 is 2.71 bits per heavy atom. The van der Waals surface area contributed by atoms with Gasteiger partial charge >= 0.3 is 0 Å². The van der Waals surface area contributed by atoms with Crippen LogP contribution in [0.15, 0.2) is 0 Å². The summed E-state index contributed by atoms with van der Waals surface area (Å²) in [6, 6.07) is 1.33. The van der Waals surface area contributed by atoms with Crippen LogP contribution < -0.4 is 5.32 Å². The number of methoxy groups -OCH3 is 1. The number of nitrogens with one attached hydrogen (secondary N) is 1. The lowest BCUT2D eigenvalue weighted by Crippen LogP contribution is -2.52. The highest BCUT2D eigenvalue weighted by atomic mass is 16.5. The first-order chi connectivity index (χ1) is 8.22. The molecule has 0 spiro atoms. The van der Waals surface area contributed by atoms with Crippen molar-refractivity contribution in [1.82, 2.24) is 10.2 Å². The minimum Gasteiger partial charge on any atom is -0.383 e. The Morgan fingerprint density at radius 2 is 2.18 bits per heavy atom. The fourth-order valence-electron chi connectivity index (χ4n) is 2.97. The van der Waals surface area contributed by atoms with E-state index in [0.717, 1.165) is 19.1 Å². The van der Waals surface area contributed by atoms with Crippen molar-refractivity contribution in [3.05, 3.63) is 0 Å². The van der Waals surface area contributed by atoms with E-state index in [0.29, 0.717) is 12.1 Å². The summed E-state index contributed by atoms with van der Waals surface area (Å²) in [7, 11) is 1.82. The highest BCUT2D eigenvalue weighted by Gasteiger charge is 2.28. The highest BCUT2D eigenvalue weighted by Crippen LogP contribution is 2.20. The van der Waals surface area contributed by atoms with E-state index in [9.17, 15) is 0 Å². The molecule has 1 rings (SSSR count). The Kier molecular flexibility index (Phi) is 7.09. The predicted octanol–water partition coefficient (Wildman–Crippen LogP) is 2.12. The first-order valence-electron chi connectivity index (χ1n) is 7.19. The van der Waals surface area contributed by atoms with Gasteiger partial charge in [0.25, 0.3) is 0 Å². The van der Waals surface area contributed by atoms with E-state index in [1.807, 2.05) is 7.11 Å². The topological polar surface area (TPSA) is 24.5 Å². The van der Waals surface area contributed by atoms with Crippen molar-refractivity contribution < 1.29 is 4.74 Å². The highest BCUT2D eigenvalue weighted by molar-refractivity contribution is 4.85. The molecule has 1 fully saturated rings. The molecule has 0 aromatic heterocycles. The van der Waals surface area contributed by atoms with Gasteiger partial charge in [-0.25, -0.2) is 0 Å². The number of hydrogen-bond donors (Lipinski definition) is 1. The lowest BCUT2D eigenvalue weighted by atomic mass is 9.92. The van der Waals surface area contributed by atoms with Crippen LogP contribution in [0.5, 0.6) is 0 Å². The number of nitrogens with zero attached hydrogens (tertiary/aromatic N) is 1. The maximum absolute atomic E-state index is 5.36. The molecule has 1 heterocycles. The van der Waals surface area contributed by atoms with Crippen LogP contribution in [0, 0.1) is 5.92 Å². The Bertz CT molecular complexity index is 193. The smallest absolute Gasteiger partial charge is 0.0618 e. The van der Waals surface area contributed by atoms with Gasteiger partial charge in [0.15, 0.2) is 0 Å². The molecule has 102 valence electrons. The van der Waals surface area contributed by atoms with E-state index in [2.05, 4.69) is 31.0 Å². The van der Waals surface area contributed by atoms with Crippen LogP contribution in [-0.4, -0.2) is 50.3 Å². The molecule has 17 heavy (non-hydrogen) atoms. The molecule has 1 N–H and O–H groups in total. The number of piperidine rings is 1. The van der Waals surface area contributed by atoms with Crippen LogP contribution in [-0.2, 0) is 4.74 Å². The Balaban J connectivity index is 2.45. The zero-order chi connectivity index (χ0) is 12.7. The molecule has 0 aliphatic carbocycles. The number of ether oxygens (including phenoxy) is 1. The average Bonchev–Trinajstić information content (AvgIpc) is 2.32. The van der Waals surface area contributed by atoms with Gasteiger partial charge in [0, 0.05) is 32.3 Å². The standard InChI is InChI=1S/C14H30N2O/c1-5-7-13(11-17-4)16-9-8-14(15-6-2)12(3)10-16/h12-15H,5-11H2,1-4H3. The fourth-order valence-corrected chi connectivity index (χ4v) is 2.97. The zero-order valence-corrected chi connectivity index (χ0v) is 12.0. The van der Waals surface area contributed by atoms with Crippen molar-refractivity contribution in [3.63, 3.8) is 0 Å². The Labute approximate surface area is 107 Å². The lowest BCUT2D eigenvalue weighted by molar-refractivity contribution is 0.0469. The quantitative estimate of drug-likeness (QED) is 0.740. The second-order valence-electron chi connectivity index (χ2n) is 5.32. The van der Waals surface area contributed by atoms with Crippen molar-refractivity contribution >= 4 is 0 Å². The van der Waals surface area contributed by atoms with Crippen LogP contribution in [0.3, 0.4) is 0 Å². The molecule has 0 aromatic carbocycles. The molecular weight excluding hydrogens is 212 g/mol. The van der Waals surface area contributed by atoms with Crippen LogP contribution in [0.1, 0.15) is 40.0 Å². The maximum atomic E-state index is 5.36. The van der Waals surface area contributed by atoms with Crippen molar-refractivity contribution in [2.75, 3.05) is 33.4 Å². The molecule has 1 aliphatic heterocycles. The van der Waals surface area contributed by atoms with Gasteiger partial charge in [-0.3, -0.25) is 4.90 Å². The van der Waals surface area contributed by atoms with E-state index in [-0.39, 0.29) is 0 Å². The van der Waals surface area contributed by atoms with Gasteiger partial charge in [-0.15, -0.1) is 0 Å². The summed E-state index contributed by atoms with van der Waals surface area (Å²) >= 11 is 0. The van der Waals surface area contributed by atoms with Crippen molar-refractivity contribution in [3.8, 4) is 0 Å². The predicted molar refractivity (Wildman–Crippen MR) is 73.4 cm³/mol. The average molecular weight is 242 g/mol. The van der Waals surface area contributed by atoms with Crippen LogP contribution >= 0.6 is 0 Å². The van der Waals surface area contributed by atoms with Gasteiger partial charge in [-0.2, -0.15) is 0 Å². The van der Waals surface area contributed by atoms with Gasteiger partial charge in [0.05, 0.1) is 6.61 Å². The monoisotopic (exact) mass is 242 g/mol. The first-order valence-corrected chi connectivity index (χ1v) is 7.19. The minimum atomic E-state index is 0.620. The van der Waals surface area contributed by atoms with Crippen molar-refractivity contribution in [2.24, 2.45) is 5.92 Å².